The van der Waals surface area contributed by atoms with Gasteiger partial charge in [-0.1, -0.05) is 59.6 Å². The average Bonchev–Trinajstić information content (AvgIpc) is 3.28. The summed E-state index contributed by atoms with van der Waals surface area (Å²) >= 11 is 13.5. The van der Waals surface area contributed by atoms with E-state index in [1.807, 2.05) is 60.1 Å². The summed E-state index contributed by atoms with van der Waals surface area (Å²) < 4.78 is 8.11. The van der Waals surface area contributed by atoms with Crippen LogP contribution in [-0.4, -0.2) is 31.6 Å². The molecule has 164 valence electrons. The van der Waals surface area contributed by atoms with Gasteiger partial charge in [0.2, 0.25) is 0 Å². The third kappa shape index (κ3) is 3.47. The van der Waals surface area contributed by atoms with Gasteiger partial charge in [0.15, 0.2) is 5.60 Å². The maximum absolute atomic E-state index is 6.94. The number of hydrogen-bond donors (Lipinski definition) is 0. The molecule has 0 spiro atoms. The van der Waals surface area contributed by atoms with E-state index in [-0.39, 0.29) is 0 Å². The Morgan fingerprint density at radius 1 is 0.970 bits per heavy atom. The number of methoxy groups -OCH3 is 1. The van der Waals surface area contributed by atoms with E-state index in [9.17, 15) is 0 Å². The van der Waals surface area contributed by atoms with Crippen LogP contribution in [0.25, 0.3) is 22.0 Å². The van der Waals surface area contributed by atoms with Crippen molar-refractivity contribution >= 4 is 34.1 Å². The number of rotatable bonds is 5. The first kappa shape index (κ1) is 21.5. The van der Waals surface area contributed by atoms with Crippen LogP contribution in [0.5, 0.6) is 0 Å². The lowest BCUT2D eigenvalue weighted by Crippen LogP contribution is -2.34. The number of fused-ring (bicyclic) bond motifs is 1. The molecule has 5 rings (SSSR count). The number of ether oxygens (including phenoxy) is 1. The van der Waals surface area contributed by atoms with Crippen molar-refractivity contribution in [2.75, 3.05) is 7.11 Å². The van der Waals surface area contributed by atoms with Crippen LogP contribution in [0.1, 0.15) is 17.0 Å². The number of halogens is 2. The van der Waals surface area contributed by atoms with E-state index < -0.39 is 5.60 Å². The highest BCUT2D eigenvalue weighted by molar-refractivity contribution is 6.42. The van der Waals surface area contributed by atoms with Crippen LogP contribution in [0.15, 0.2) is 79.6 Å². The number of nitrogens with zero attached hydrogens (tertiary/aromatic N) is 5. The Balaban J connectivity index is 1.81. The average molecular weight is 476 g/mol. The Bertz CT molecular complexity index is 1440. The molecule has 6 nitrogen and oxygen atoms in total. The molecule has 1 unspecified atom stereocenters. The van der Waals surface area contributed by atoms with Crippen molar-refractivity contribution in [1.29, 1.82) is 0 Å². The summed E-state index contributed by atoms with van der Waals surface area (Å²) in [4.78, 5) is 17.8. The zero-order valence-electron chi connectivity index (χ0n) is 17.9. The third-order valence-corrected chi connectivity index (χ3v) is 6.42. The van der Waals surface area contributed by atoms with E-state index in [0.717, 1.165) is 22.2 Å². The highest BCUT2D eigenvalue weighted by Crippen LogP contribution is 2.43. The molecule has 8 heteroatoms. The summed E-state index contributed by atoms with van der Waals surface area (Å²) in [7, 11) is 3.55. The van der Waals surface area contributed by atoms with Crippen molar-refractivity contribution in [3.8, 4) is 11.1 Å². The number of hydrogen-bond acceptors (Lipinski definition) is 5. The number of pyridine rings is 1. The minimum atomic E-state index is -1.07. The van der Waals surface area contributed by atoms with E-state index in [1.165, 1.54) is 0 Å². The lowest BCUT2D eigenvalue weighted by molar-refractivity contribution is 0.0484. The molecule has 3 heterocycles. The van der Waals surface area contributed by atoms with Crippen LogP contribution in [0.3, 0.4) is 0 Å². The minimum Gasteiger partial charge on any atom is -0.361 e. The molecule has 2 aromatic carbocycles. The van der Waals surface area contributed by atoms with Gasteiger partial charge in [-0.05, 0) is 23.3 Å². The maximum Gasteiger partial charge on any atom is 0.177 e. The SMILES string of the molecule is COC(c1ccc2nc(Cl)c(-c3ccccc3)c(Cl)c2c1)(c1cnccn1)c1cncn1C. The van der Waals surface area contributed by atoms with Gasteiger partial charge in [-0.2, -0.15) is 0 Å². The summed E-state index contributed by atoms with van der Waals surface area (Å²) in [6, 6.07) is 15.5. The second kappa shape index (κ2) is 8.56. The highest BCUT2D eigenvalue weighted by atomic mass is 35.5. The van der Waals surface area contributed by atoms with Crippen LogP contribution in [0, 0.1) is 0 Å². The van der Waals surface area contributed by atoms with Crippen LogP contribution in [-0.2, 0) is 17.4 Å². The smallest absolute Gasteiger partial charge is 0.177 e. The van der Waals surface area contributed by atoms with Crippen molar-refractivity contribution in [3.05, 3.63) is 107 Å². The Morgan fingerprint density at radius 2 is 1.79 bits per heavy atom. The Morgan fingerprint density at radius 3 is 2.45 bits per heavy atom. The van der Waals surface area contributed by atoms with Crippen LogP contribution < -0.4 is 0 Å². The van der Waals surface area contributed by atoms with E-state index in [2.05, 4.69) is 19.9 Å². The van der Waals surface area contributed by atoms with Crippen LogP contribution >= 0.6 is 23.2 Å². The van der Waals surface area contributed by atoms with Gasteiger partial charge in [0.25, 0.3) is 0 Å². The van der Waals surface area contributed by atoms with Gasteiger partial charge in [0, 0.05) is 37.5 Å². The van der Waals surface area contributed by atoms with Gasteiger partial charge < -0.3 is 9.30 Å². The predicted molar refractivity (Wildman–Crippen MR) is 129 cm³/mol. The monoisotopic (exact) mass is 475 g/mol. The van der Waals surface area contributed by atoms with E-state index in [4.69, 9.17) is 27.9 Å². The highest BCUT2D eigenvalue weighted by Gasteiger charge is 2.41. The first-order valence-corrected chi connectivity index (χ1v) is 10.9. The second-order valence-corrected chi connectivity index (χ2v) is 8.29. The topological polar surface area (TPSA) is 65.7 Å². The molecule has 1 atom stereocenters. The van der Waals surface area contributed by atoms with E-state index >= 15 is 0 Å². The molecule has 3 aromatic heterocycles. The molecule has 0 fully saturated rings. The fourth-order valence-corrected chi connectivity index (χ4v) is 4.89. The first-order chi connectivity index (χ1) is 16.1. The van der Waals surface area contributed by atoms with Gasteiger partial charge in [-0.15, -0.1) is 0 Å². The molecule has 0 saturated carbocycles. The predicted octanol–water partition coefficient (Wildman–Crippen LogP) is 5.67. The lowest BCUT2D eigenvalue weighted by Gasteiger charge is -2.32. The Hall–Kier alpha value is -3.32. The second-order valence-electron chi connectivity index (χ2n) is 7.56. The minimum absolute atomic E-state index is 0.352. The maximum atomic E-state index is 6.94. The molecule has 0 aliphatic heterocycles. The number of benzene rings is 2. The van der Waals surface area contributed by atoms with E-state index in [1.54, 1.807) is 38.2 Å². The molecule has 0 radical (unpaired) electrons. The molecule has 0 saturated heterocycles. The molecule has 0 aliphatic rings. The summed E-state index contributed by atoms with van der Waals surface area (Å²) in [5.74, 6) is 0. The van der Waals surface area contributed by atoms with Crippen molar-refractivity contribution in [3.63, 3.8) is 0 Å². The van der Waals surface area contributed by atoms with Crippen molar-refractivity contribution in [2.24, 2.45) is 7.05 Å². The lowest BCUT2D eigenvalue weighted by atomic mass is 9.86. The largest absolute Gasteiger partial charge is 0.361 e. The molecule has 0 amide bonds. The van der Waals surface area contributed by atoms with Gasteiger partial charge in [0.05, 0.1) is 35.0 Å². The standard InChI is InChI=1S/C25H19Cl2N5O/c1-32-15-29-14-21(32)25(33-2,20-13-28-10-11-30-20)17-8-9-19-18(12-17)23(26)22(24(27)31-19)16-6-4-3-5-7-16/h3-15H,1-2H3. The number of aromatic nitrogens is 5. The first-order valence-electron chi connectivity index (χ1n) is 10.2. The van der Waals surface area contributed by atoms with Crippen molar-refractivity contribution in [2.45, 2.75) is 5.60 Å². The van der Waals surface area contributed by atoms with Gasteiger partial charge in [-0.3, -0.25) is 9.97 Å². The molecule has 33 heavy (non-hydrogen) atoms. The quantitative estimate of drug-likeness (QED) is 0.306. The normalized spacial score (nSPS) is 13.2. The third-order valence-electron chi connectivity index (χ3n) is 5.75. The van der Waals surface area contributed by atoms with Crippen LogP contribution in [0.4, 0.5) is 0 Å². The molecular weight excluding hydrogens is 457 g/mol. The van der Waals surface area contributed by atoms with Crippen molar-refractivity contribution in [1.82, 2.24) is 24.5 Å². The molecular formula is C25H19Cl2N5O. The Labute approximate surface area is 200 Å². The molecule has 0 bridgehead atoms. The summed E-state index contributed by atoms with van der Waals surface area (Å²) in [5.41, 5.74) is 3.43. The van der Waals surface area contributed by atoms with Gasteiger partial charge >= 0.3 is 0 Å². The van der Waals surface area contributed by atoms with E-state index in [0.29, 0.717) is 26.9 Å². The molecule has 0 aliphatic carbocycles. The number of aryl methyl sites for hydroxylation is 1. The summed E-state index contributed by atoms with van der Waals surface area (Å²) in [6.07, 6.45) is 8.45. The number of imidazole rings is 1. The van der Waals surface area contributed by atoms with Gasteiger partial charge in [0.1, 0.15) is 10.8 Å². The zero-order chi connectivity index (χ0) is 23.0. The van der Waals surface area contributed by atoms with Gasteiger partial charge in [-0.25, -0.2) is 9.97 Å². The fourth-order valence-electron chi connectivity index (χ4n) is 4.20. The molecule has 0 N–H and O–H groups in total. The van der Waals surface area contributed by atoms with Crippen LogP contribution in [0.2, 0.25) is 10.2 Å². The summed E-state index contributed by atoms with van der Waals surface area (Å²) in [6.45, 7) is 0. The Kier molecular flexibility index (Phi) is 5.58. The summed E-state index contributed by atoms with van der Waals surface area (Å²) in [5, 5.41) is 1.63. The fraction of sp³-hybridized carbons (Fsp3) is 0.120. The zero-order valence-corrected chi connectivity index (χ0v) is 19.4. The molecule has 5 aromatic rings. The van der Waals surface area contributed by atoms with Crippen molar-refractivity contribution < 1.29 is 4.74 Å².